The van der Waals surface area contributed by atoms with Crippen molar-refractivity contribution in [1.29, 1.82) is 5.41 Å². The molecule has 4 nitrogen and oxygen atoms in total. The van der Waals surface area contributed by atoms with Gasteiger partial charge in [-0.1, -0.05) is 6.92 Å². The van der Waals surface area contributed by atoms with Crippen molar-refractivity contribution in [3.05, 3.63) is 29.3 Å². The maximum Gasteiger partial charge on any atom is 0.123 e. The zero-order chi connectivity index (χ0) is 15.4. The van der Waals surface area contributed by atoms with Crippen molar-refractivity contribution in [2.45, 2.75) is 45.2 Å². The fourth-order valence-corrected chi connectivity index (χ4v) is 3.15. The summed E-state index contributed by atoms with van der Waals surface area (Å²) in [4.78, 5) is 2.41. The molecule has 0 bridgehead atoms. The number of nitrogen functional groups attached to an aromatic ring is 1. The quantitative estimate of drug-likeness (QED) is 0.647. The molecule has 1 aliphatic carbocycles. The topological polar surface area (TPSA) is 62.3 Å². The molecule has 0 amide bonds. The predicted octanol–water partition coefficient (Wildman–Crippen LogP) is 2.99. The molecular weight excluding hydrogens is 262 g/mol. The molecule has 0 unspecified atom stereocenters. The molecular formula is C17H27N3O. The summed E-state index contributed by atoms with van der Waals surface area (Å²) < 4.78 is 5.45. The number of hydrogen-bond acceptors (Lipinski definition) is 3. The highest BCUT2D eigenvalue weighted by Crippen LogP contribution is 2.29. The van der Waals surface area contributed by atoms with E-state index in [0.29, 0.717) is 6.04 Å². The highest BCUT2D eigenvalue weighted by molar-refractivity contribution is 5.95. The van der Waals surface area contributed by atoms with E-state index >= 15 is 0 Å². The Morgan fingerprint density at radius 3 is 2.57 bits per heavy atom. The second-order valence-electron chi connectivity index (χ2n) is 6.27. The van der Waals surface area contributed by atoms with Gasteiger partial charge < -0.3 is 10.5 Å². The van der Waals surface area contributed by atoms with Crippen LogP contribution in [-0.4, -0.2) is 30.9 Å². The number of amidine groups is 1. The van der Waals surface area contributed by atoms with Crippen LogP contribution in [0.5, 0.6) is 5.75 Å². The zero-order valence-corrected chi connectivity index (χ0v) is 13.4. The standard InChI is InChI=1S/C17H27N3O/c1-12-4-7-15(8-5-12)20(2)11-14-10-13(17(18)19)6-9-16(14)21-3/h6,9-10,12,15H,4-5,7-8,11H2,1-3H3,(H3,18,19). The van der Waals surface area contributed by atoms with Gasteiger partial charge in [-0.05, 0) is 56.8 Å². The first kappa shape index (κ1) is 15.8. The number of nitrogens with zero attached hydrogens (tertiary/aromatic N) is 1. The van der Waals surface area contributed by atoms with E-state index in [1.807, 2.05) is 18.2 Å². The third-order valence-corrected chi connectivity index (χ3v) is 4.62. The number of rotatable bonds is 5. The van der Waals surface area contributed by atoms with Crippen molar-refractivity contribution in [3.63, 3.8) is 0 Å². The van der Waals surface area contributed by atoms with Gasteiger partial charge in [0, 0.05) is 23.7 Å². The van der Waals surface area contributed by atoms with Gasteiger partial charge in [0.05, 0.1) is 7.11 Å². The van der Waals surface area contributed by atoms with Gasteiger partial charge in [-0.2, -0.15) is 0 Å². The van der Waals surface area contributed by atoms with Crippen molar-refractivity contribution < 1.29 is 4.74 Å². The van der Waals surface area contributed by atoms with E-state index in [0.717, 1.165) is 29.3 Å². The van der Waals surface area contributed by atoms with Crippen molar-refractivity contribution >= 4 is 5.84 Å². The molecule has 1 saturated carbocycles. The maximum absolute atomic E-state index is 7.58. The molecule has 2 rings (SSSR count). The molecule has 1 aliphatic rings. The van der Waals surface area contributed by atoms with Gasteiger partial charge in [0.2, 0.25) is 0 Å². The Balaban J connectivity index is 2.10. The summed E-state index contributed by atoms with van der Waals surface area (Å²) in [5.41, 5.74) is 7.46. The molecule has 0 heterocycles. The third kappa shape index (κ3) is 3.97. The maximum atomic E-state index is 7.58. The molecule has 116 valence electrons. The third-order valence-electron chi connectivity index (χ3n) is 4.62. The van der Waals surface area contributed by atoms with E-state index in [2.05, 4.69) is 18.9 Å². The van der Waals surface area contributed by atoms with E-state index in [4.69, 9.17) is 15.9 Å². The minimum atomic E-state index is 0.105. The van der Waals surface area contributed by atoms with E-state index in [1.54, 1.807) is 7.11 Å². The first-order valence-electron chi connectivity index (χ1n) is 7.72. The first-order valence-corrected chi connectivity index (χ1v) is 7.72. The van der Waals surface area contributed by atoms with Crippen molar-refractivity contribution in [1.82, 2.24) is 4.90 Å². The lowest BCUT2D eigenvalue weighted by Gasteiger charge is -2.34. The van der Waals surface area contributed by atoms with Crippen LogP contribution in [0.25, 0.3) is 0 Å². The molecule has 0 radical (unpaired) electrons. The van der Waals surface area contributed by atoms with Crippen LogP contribution in [-0.2, 0) is 6.54 Å². The molecule has 0 saturated heterocycles. The second-order valence-corrected chi connectivity index (χ2v) is 6.27. The van der Waals surface area contributed by atoms with Crippen LogP contribution in [0.2, 0.25) is 0 Å². The lowest BCUT2D eigenvalue weighted by Crippen LogP contribution is -2.34. The molecule has 0 spiro atoms. The summed E-state index contributed by atoms with van der Waals surface area (Å²) in [7, 11) is 3.87. The molecule has 0 atom stereocenters. The summed E-state index contributed by atoms with van der Waals surface area (Å²) in [6.07, 6.45) is 5.18. The summed E-state index contributed by atoms with van der Waals surface area (Å²) in [6.45, 7) is 3.18. The Bertz CT molecular complexity index is 493. The van der Waals surface area contributed by atoms with Crippen LogP contribution in [0.4, 0.5) is 0 Å². The molecule has 3 N–H and O–H groups in total. The smallest absolute Gasteiger partial charge is 0.123 e. The van der Waals surface area contributed by atoms with E-state index < -0.39 is 0 Å². The van der Waals surface area contributed by atoms with E-state index in [-0.39, 0.29) is 5.84 Å². The number of nitrogens with two attached hydrogens (primary N) is 1. The van der Waals surface area contributed by atoms with Crippen LogP contribution in [0.3, 0.4) is 0 Å². The van der Waals surface area contributed by atoms with Crippen molar-refractivity contribution in [2.24, 2.45) is 11.7 Å². The van der Waals surface area contributed by atoms with Gasteiger partial charge in [-0.15, -0.1) is 0 Å². The predicted molar refractivity (Wildman–Crippen MR) is 86.9 cm³/mol. The van der Waals surface area contributed by atoms with Crippen LogP contribution < -0.4 is 10.5 Å². The number of methoxy groups -OCH3 is 1. The minimum absolute atomic E-state index is 0.105. The van der Waals surface area contributed by atoms with Gasteiger partial charge in [0.25, 0.3) is 0 Å². The number of hydrogen-bond donors (Lipinski definition) is 2. The van der Waals surface area contributed by atoms with Gasteiger partial charge in [-0.3, -0.25) is 10.3 Å². The molecule has 1 aromatic rings. The molecule has 21 heavy (non-hydrogen) atoms. The summed E-state index contributed by atoms with van der Waals surface area (Å²) in [5.74, 6) is 1.84. The Morgan fingerprint density at radius 1 is 1.33 bits per heavy atom. The average molecular weight is 289 g/mol. The summed E-state index contributed by atoms with van der Waals surface area (Å²) in [6, 6.07) is 6.37. The van der Waals surface area contributed by atoms with E-state index in [1.165, 1.54) is 25.7 Å². The Hall–Kier alpha value is -1.55. The van der Waals surface area contributed by atoms with Crippen LogP contribution in [0.1, 0.15) is 43.7 Å². The molecule has 0 aromatic heterocycles. The lowest BCUT2D eigenvalue weighted by molar-refractivity contribution is 0.162. The van der Waals surface area contributed by atoms with Crippen LogP contribution in [0.15, 0.2) is 18.2 Å². The summed E-state index contributed by atoms with van der Waals surface area (Å²) >= 11 is 0. The van der Waals surface area contributed by atoms with Gasteiger partial charge in [0.1, 0.15) is 11.6 Å². The second kappa shape index (κ2) is 6.94. The highest BCUT2D eigenvalue weighted by Gasteiger charge is 2.22. The van der Waals surface area contributed by atoms with Crippen LogP contribution >= 0.6 is 0 Å². The SMILES string of the molecule is COc1ccc(C(=N)N)cc1CN(C)C1CCC(C)CC1. The monoisotopic (exact) mass is 289 g/mol. The fraction of sp³-hybridized carbons (Fsp3) is 0.588. The highest BCUT2D eigenvalue weighted by atomic mass is 16.5. The molecule has 0 aliphatic heterocycles. The van der Waals surface area contributed by atoms with Gasteiger partial charge in [0.15, 0.2) is 0 Å². The minimum Gasteiger partial charge on any atom is -0.496 e. The Kier molecular flexibility index (Phi) is 5.23. The molecule has 1 aromatic carbocycles. The Morgan fingerprint density at radius 2 is 2.00 bits per heavy atom. The van der Waals surface area contributed by atoms with Crippen molar-refractivity contribution in [3.8, 4) is 5.75 Å². The molecule has 4 heteroatoms. The van der Waals surface area contributed by atoms with Gasteiger partial charge >= 0.3 is 0 Å². The number of ether oxygens (including phenoxy) is 1. The zero-order valence-electron chi connectivity index (χ0n) is 13.4. The van der Waals surface area contributed by atoms with Crippen molar-refractivity contribution in [2.75, 3.05) is 14.2 Å². The largest absolute Gasteiger partial charge is 0.496 e. The summed E-state index contributed by atoms with van der Waals surface area (Å²) in [5, 5.41) is 7.58. The van der Waals surface area contributed by atoms with E-state index in [9.17, 15) is 0 Å². The lowest BCUT2D eigenvalue weighted by atomic mass is 9.86. The average Bonchev–Trinajstić information content (AvgIpc) is 2.47. The Labute approximate surface area is 127 Å². The number of nitrogens with one attached hydrogen (secondary N) is 1. The normalized spacial score (nSPS) is 22.3. The first-order chi connectivity index (χ1) is 10.0. The van der Waals surface area contributed by atoms with Crippen LogP contribution in [0, 0.1) is 11.3 Å². The molecule has 1 fully saturated rings. The number of benzene rings is 1. The fourth-order valence-electron chi connectivity index (χ4n) is 3.15. The van der Waals surface area contributed by atoms with Gasteiger partial charge in [-0.25, -0.2) is 0 Å².